The molecule has 8 heteroatoms. The number of hydrogen-bond acceptors (Lipinski definition) is 6. The zero-order valence-electron chi connectivity index (χ0n) is 16.0. The summed E-state index contributed by atoms with van der Waals surface area (Å²) >= 11 is 0. The maximum absolute atomic E-state index is 12.5. The van der Waals surface area contributed by atoms with E-state index in [9.17, 15) is 19.2 Å². The van der Waals surface area contributed by atoms with Crippen LogP contribution in [0.15, 0.2) is 0 Å². The summed E-state index contributed by atoms with van der Waals surface area (Å²) in [5.41, 5.74) is -1.02. The molecule has 1 heterocycles. The third-order valence-electron chi connectivity index (χ3n) is 4.33. The molecule has 1 amide bonds. The van der Waals surface area contributed by atoms with Gasteiger partial charge in [-0.3, -0.25) is 24.1 Å². The normalized spacial score (nSPS) is 16.4. The lowest BCUT2D eigenvalue weighted by molar-refractivity contribution is -0.148. The van der Waals surface area contributed by atoms with Crippen molar-refractivity contribution < 1.29 is 29.0 Å². The van der Waals surface area contributed by atoms with E-state index in [1.165, 1.54) is 0 Å². The zero-order valence-corrected chi connectivity index (χ0v) is 16.0. The summed E-state index contributed by atoms with van der Waals surface area (Å²) in [4.78, 5) is 48.5. The van der Waals surface area contributed by atoms with E-state index < -0.39 is 11.5 Å². The van der Waals surface area contributed by atoms with Gasteiger partial charge in [0.1, 0.15) is 11.3 Å². The number of carboxylic acid groups (broad SMARTS) is 1. The highest BCUT2D eigenvalue weighted by Crippen LogP contribution is 2.25. The molecule has 8 nitrogen and oxygen atoms in total. The Morgan fingerprint density at radius 3 is 2.12 bits per heavy atom. The summed E-state index contributed by atoms with van der Waals surface area (Å²) in [5.74, 6) is -1.56. The van der Waals surface area contributed by atoms with Crippen LogP contribution in [0.5, 0.6) is 0 Å². The van der Waals surface area contributed by atoms with Gasteiger partial charge in [-0.2, -0.15) is 0 Å². The summed E-state index contributed by atoms with van der Waals surface area (Å²) < 4.78 is 5.32. The van der Waals surface area contributed by atoms with Gasteiger partial charge in [0.05, 0.1) is 19.8 Å². The molecule has 0 atom stereocenters. The molecule has 0 spiro atoms. The lowest BCUT2D eigenvalue weighted by atomic mass is 9.80. The minimum Gasteiger partial charge on any atom is -0.480 e. The van der Waals surface area contributed by atoms with Gasteiger partial charge < -0.3 is 15.2 Å². The number of carboxylic acids is 1. The SMILES string of the molecule is CC(C)C(=O)CCOCCC(=O)NC1(C(=O)C(C)C)CN(CC(=O)O)C1. The van der Waals surface area contributed by atoms with Crippen molar-refractivity contribution in [3.05, 3.63) is 0 Å². The van der Waals surface area contributed by atoms with Crippen molar-refractivity contribution in [2.45, 2.75) is 46.1 Å². The van der Waals surface area contributed by atoms with Crippen LogP contribution in [0, 0.1) is 11.8 Å². The Labute approximate surface area is 154 Å². The van der Waals surface area contributed by atoms with Gasteiger partial charge in [0.15, 0.2) is 5.78 Å². The molecule has 0 aromatic heterocycles. The van der Waals surface area contributed by atoms with E-state index in [1.807, 2.05) is 13.8 Å². The lowest BCUT2D eigenvalue weighted by Gasteiger charge is -2.49. The van der Waals surface area contributed by atoms with Crippen molar-refractivity contribution in [3.8, 4) is 0 Å². The fraction of sp³-hybridized carbons (Fsp3) is 0.778. The molecule has 0 unspecified atom stereocenters. The average molecular weight is 370 g/mol. The smallest absolute Gasteiger partial charge is 0.317 e. The molecule has 1 rings (SSSR count). The number of aliphatic carboxylic acids is 1. The summed E-state index contributed by atoms with van der Waals surface area (Å²) in [6, 6.07) is 0. The topological polar surface area (TPSA) is 113 Å². The van der Waals surface area contributed by atoms with Crippen LogP contribution in [-0.2, 0) is 23.9 Å². The Morgan fingerprint density at radius 2 is 1.62 bits per heavy atom. The minimum absolute atomic E-state index is 0.0313. The Hall–Kier alpha value is -1.80. The second-order valence-corrected chi connectivity index (χ2v) is 7.42. The number of likely N-dealkylation sites (tertiary alicyclic amines) is 1. The Balaban J connectivity index is 2.43. The molecule has 2 N–H and O–H groups in total. The van der Waals surface area contributed by atoms with Gasteiger partial charge in [0.2, 0.25) is 5.91 Å². The molecular formula is C18H30N2O6. The van der Waals surface area contributed by atoms with Crippen LogP contribution in [0.1, 0.15) is 40.5 Å². The van der Waals surface area contributed by atoms with Crippen LogP contribution in [0.4, 0.5) is 0 Å². The van der Waals surface area contributed by atoms with Crippen molar-refractivity contribution in [3.63, 3.8) is 0 Å². The third-order valence-corrected chi connectivity index (χ3v) is 4.33. The molecule has 0 saturated carbocycles. The van der Waals surface area contributed by atoms with E-state index in [2.05, 4.69) is 5.32 Å². The Morgan fingerprint density at radius 1 is 1.04 bits per heavy atom. The first-order chi connectivity index (χ1) is 12.1. The highest BCUT2D eigenvalue weighted by Gasteiger charge is 2.50. The molecule has 1 aliphatic heterocycles. The number of carbonyl (C=O) groups is 4. The maximum Gasteiger partial charge on any atom is 0.317 e. The molecule has 0 aromatic rings. The van der Waals surface area contributed by atoms with Gasteiger partial charge in [-0.15, -0.1) is 0 Å². The number of ether oxygens (including phenoxy) is 1. The van der Waals surface area contributed by atoms with Crippen molar-refractivity contribution in [1.82, 2.24) is 10.2 Å². The number of nitrogens with zero attached hydrogens (tertiary/aromatic N) is 1. The first-order valence-corrected chi connectivity index (χ1v) is 8.97. The van der Waals surface area contributed by atoms with Gasteiger partial charge >= 0.3 is 5.97 Å². The molecule has 26 heavy (non-hydrogen) atoms. The molecule has 1 fully saturated rings. The van der Waals surface area contributed by atoms with E-state index in [1.54, 1.807) is 18.7 Å². The van der Waals surface area contributed by atoms with Crippen LogP contribution < -0.4 is 5.32 Å². The molecular weight excluding hydrogens is 340 g/mol. The number of amides is 1. The summed E-state index contributed by atoms with van der Waals surface area (Å²) in [5, 5.41) is 11.6. The van der Waals surface area contributed by atoms with Crippen molar-refractivity contribution in [2.24, 2.45) is 11.8 Å². The van der Waals surface area contributed by atoms with Gasteiger partial charge in [0.25, 0.3) is 0 Å². The van der Waals surface area contributed by atoms with Gasteiger partial charge in [-0.25, -0.2) is 0 Å². The zero-order chi connectivity index (χ0) is 19.9. The fourth-order valence-electron chi connectivity index (χ4n) is 2.93. The maximum atomic E-state index is 12.5. The van der Waals surface area contributed by atoms with Crippen LogP contribution in [0.3, 0.4) is 0 Å². The lowest BCUT2D eigenvalue weighted by Crippen LogP contribution is -2.75. The van der Waals surface area contributed by atoms with Crippen LogP contribution >= 0.6 is 0 Å². The molecule has 1 saturated heterocycles. The van der Waals surface area contributed by atoms with Crippen molar-refractivity contribution in [2.75, 3.05) is 32.8 Å². The number of hydrogen-bond donors (Lipinski definition) is 2. The third kappa shape index (κ3) is 6.49. The molecule has 0 aromatic carbocycles. The summed E-state index contributed by atoms with van der Waals surface area (Å²) in [6.45, 7) is 7.85. The number of Topliss-reactive ketones (excluding diaryl/α,β-unsaturated/α-hetero) is 2. The monoisotopic (exact) mass is 370 g/mol. The van der Waals surface area contributed by atoms with Crippen molar-refractivity contribution in [1.29, 1.82) is 0 Å². The Bertz CT molecular complexity index is 538. The quantitative estimate of drug-likeness (QED) is 0.481. The van der Waals surface area contributed by atoms with Gasteiger partial charge in [0, 0.05) is 37.8 Å². The van der Waals surface area contributed by atoms with Gasteiger partial charge in [-0.1, -0.05) is 27.7 Å². The number of nitrogens with one attached hydrogen (secondary N) is 1. The molecule has 0 radical (unpaired) electrons. The molecule has 148 valence electrons. The van der Waals surface area contributed by atoms with E-state index in [0.29, 0.717) is 6.42 Å². The van der Waals surface area contributed by atoms with Crippen molar-refractivity contribution >= 4 is 23.4 Å². The van der Waals surface area contributed by atoms with E-state index >= 15 is 0 Å². The van der Waals surface area contributed by atoms with E-state index in [0.717, 1.165) is 0 Å². The summed E-state index contributed by atoms with van der Waals surface area (Å²) in [7, 11) is 0. The van der Waals surface area contributed by atoms with E-state index in [4.69, 9.17) is 9.84 Å². The summed E-state index contributed by atoms with van der Waals surface area (Å²) in [6.07, 6.45) is 0.404. The van der Waals surface area contributed by atoms with Gasteiger partial charge in [-0.05, 0) is 0 Å². The number of rotatable bonds is 12. The molecule has 0 aliphatic carbocycles. The first-order valence-electron chi connectivity index (χ1n) is 8.97. The average Bonchev–Trinajstić information content (AvgIpc) is 2.50. The number of carbonyl (C=O) groups excluding carboxylic acids is 3. The standard InChI is InChI=1S/C18H30N2O6/c1-12(2)14(21)5-7-26-8-6-15(22)19-18(17(25)13(3)4)10-20(11-18)9-16(23)24/h12-13H,5-11H2,1-4H3,(H,19,22)(H,23,24). The predicted octanol–water partition coefficient (Wildman–Crippen LogP) is 0.489. The highest BCUT2D eigenvalue weighted by molar-refractivity contribution is 5.95. The minimum atomic E-state index is -1.02. The second kappa shape index (κ2) is 9.78. The van der Waals surface area contributed by atoms with E-state index in [-0.39, 0.29) is 68.6 Å². The largest absolute Gasteiger partial charge is 0.480 e. The van der Waals surface area contributed by atoms with Crippen LogP contribution in [-0.4, -0.2) is 71.8 Å². The number of ketones is 2. The highest BCUT2D eigenvalue weighted by atomic mass is 16.5. The first kappa shape index (κ1) is 22.2. The predicted molar refractivity (Wildman–Crippen MR) is 94.7 cm³/mol. The fourth-order valence-corrected chi connectivity index (χ4v) is 2.93. The Kier molecular flexibility index (Phi) is 8.36. The molecule has 0 bridgehead atoms. The van der Waals surface area contributed by atoms with Crippen LogP contribution in [0.25, 0.3) is 0 Å². The van der Waals surface area contributed by atoms with Crippen LogP contribution in [0.2, 0.25) is 0 Å². The second-order valence-electron chi connectivity index (χ2n) is 7.42. The molecule has 1 aliphatic rings.